The van der Waals surface area contributed by atoms with Gasteiger partial charge in [-0.3, -0.25) is 14.4 Å². The molecule has 9 heteroatoms. The fourth-order valence-electron chi connectivity index (χ4n) is 12.2. The lowest BCUT2D eigenvalue weighted by Gasteiger charge is -2.61. The number of nitrogens with zero attached hydrogens (tertiary/aromatic N) is 3. The van der Waals surface area contributed by atoms with Crippen molar-refractivity contribution in [1.29, 1.82) is 0 Å². The van der Waals surface area contributed by atoms with Crippen molar-refractivity contribution in [3.05, 3.63) is 75.5 Å². The summed E-state index contributed by atoms with van der Waals surface area (Å²) >= 11 is 0. The lowest BCUT2D eigenvalue weighted by atomic mass is 9.44. The van der Waals surface area contributed by atoms with Crippen molar-refractivity contribution in [3.63, 3.8) is 0 Å². The number of nitrogens with one attached hydrogen (secondary N) is 1. The predicted molar refractivity (Wildman–Crippen MR) is 199 cm³/mol. The minimum Gasteiger partial charge on any atom is -0.389 e. The van der Waals surface area contributed by atoms with Crippen LogP contribution in [0.2, 0.25) is 0 Å². The molecule has 4 saturated carbocycles. The average molecular weight is 711 g/mol. The van der Waals surface area contributed by atoms with Crippen LogP contribution in [0, 0.1) is 40.3 Å². The molecule has 0 unspecified atom stereocenters. The Bertz CT molecular complexity index is 1910. The first-order chi connectivity index (χ1) is 25.0. The van der Waals surface area contributed by atoms with E-state index in [9.17, 15) is 19.5 Å². The third kappa shape index (κ3) is 5.99. The molecular formula is C43H55FN4O4. The molecule has 3 aromatic rings. The number of carbonyl (C=O) groups is 2. The summed E-state index contributed by atoms with van der Waals surface area (Å²) in [6.07, 6.45) is 14.6. The lowest BCUT2D eigenvalue weighted by molar-refractivity contribution is -0.154. The molecule has 2 heterocycles. The summed E-state index contributed by atoms with van der Waals surface area (Å²) in [4.78, 5) is 42.6. The predicted octanol–water partition coefficient (Wildman–Crippen LogP) is 7.27. The number of halogens is 1. The van der Waals surface area contributed by atoms with Crippen LogP contribution in [0.1, 0.15) is 119 Å². The van der Waals surface area contributed by atoms with Crippen molar-refractivity contribution in [1.82, 2.24) is 20.0 Å². The van der Waals surface area contributed by atoms with Gasteiger partial charge in [0.2, 0.25) is 5.91 Å². The van der Waals surface area contributed by atoms with E-state index >= 15 is 4.39 Å². The van der Waals surface area contributed by atoms with Gasteiger partial charge in [-0.2, -0.15) is 5.10 Å². The normalized spacial score (nSPS) is 33.0. The molecule has 1 aliphatic heterocycles. The zero-order chi connectivity index (χ0) is 36.3. The Labute approximate surface area is 306 Å². The summed E-state index contributed by atoms with van der Waals surface area (Å²) in [5.74, 6) is 2.11. The van der Waals surface area contributed by atoms with Crippen LogP contribution in [0.4, 0.5) is 4.39 Å². The summed E-state index contributed by atoms with van der Waals surface area (Å²) in [7, 11) is 0. The number of benzene rings is 2. The second-order valence-electron chi connectivity index (χ2n) is 17.5. The van der Waals surface area contributed by atoms with Crippen LogP contribution in [0.5, 0.6) is 0 Å². The van der Waals surface area contributed by atoms with Crippen LogP contribution in [0.25, 0.3) is 10.8 Å². The number of fused-ring (bicyclic) bond motifs is 6. The molecule has 1 saturated heterocycles. The number of aromatic amines is 1. The van der Waals surface area contributed by atoms with E-state index in [0.29, 0.717) is 79.8 Å². The Kier molecular flexibility index (Phi) is 9.32. The number of hydrogen-bond donors (Lipinski definition) is 2. The zero-order valence-corrected chi connectivity index (χ0v) is 31.0. The van der Waals surface area contributed by atoms with E-state index in [1.54, 1.807) is 29.2 Å². The number of hydrogen-bond acceptors (Lipinski definition) is 5. The minimum atomic E-state index is -0.710. The molecule has 1 aromatic heterocycles. The van der Waals surface area contributed by atoms with Crippen molar-refractivity contribution < 1.29 is 19.1 Å². The molecule has 0 spiro atoms. The Morgan fingerprint density at radius 1 is 0.904 bits per heavy atom. The highest BCUT2D eigenvalue weighted by molar-refractivity contribution is 5.95. The highest BCUT2D eigenvalue weighted by Crippen LogP contribution is 2.68. The van der Waals surface area contributed by atoms with E-state index in [-0.39, 0.29) is 22.4 Å². The number of carbonyl (C=O) groups excluding carboxylic acids is 2. The lowest BCUT2D eigenvalue weighted by Crippen LogP contribution is -2.56. The maximum absolute atomic E-state index is 15.0. The van der Waals surface area contributed by atoms with E-state index < -0.39 is 17.3 Å². The van der Waals surface area contributed by atoms with Gasteiger partial charge >= 0.3 is 0 Å². The molecule has 4 aliphatic carbocycles. The molecule has 7 atom stereocenters. The summed E-state index contributed by atoms with van der Waals surface area (Å²) in [5, 5.41) is 20.2. The van der Waals surface area contributed by atoms with Crippen molar-refractivity contribution in [3.8, 4) is 0 Å². The number of aromatic nitrogens is 2. The number of H-pyrrole nitrogens is 1. The number of aliphatic hydroxyl groups is 1. The van der Waals surface area contributed by atoms with Crippen LogP contribution in [-0.2, 0) is 11.2 Å². The van der Waals surface area contributed by atoms with E-state index in [2.05, 4.69) is 24.0 Å². The first-order valence-corrected chi connectivity index (χ1v) is 20.0. The Morgan fingerprint density at radius 3 is 2.46 bits per heavy atom. The largest absolute Gasteiger partial charge is 0.389 e. The maximum Gasteiger partial charge on any atom is 0.272 e. The molecule has 8 rings (SSSR count). The summed E-state index contributed by atoms with van der Waals surface area (Å²) in [5.41, 5.74) is 0.791. The van der Waals surface area contributed by atoms with Crippen molar-refractivity contribution >= 4 is 22.6 Å². The standard InChI is InChI=1S/C43H55FN4O4/c1-41-18-6-5-8-29(41)13-14-32-34(41)16-20-42(2)35(32)17-21-43(42,52)19-7-11-38(49)47-22-24-48(25-23-47)40(51)33-26-28(12-15-36(33)44)27-37-30-9-3-4-10-31(30)39(50)46-45-37/h3-4,9-10,12,15,26,29,32,34-35,52H,5-8,11,13-14,16-25,27H2,1-2H3,(H,46,50)/t29-,32-,34+,35+,41+,42+,43+/m1/s1. The summed E-state index contributed by atoms with van der Waals surface area (Å²) in [6.45, 7) is 6.47. The van der Waals surface area contributed by atoms with Gasteiger partial charge in [-0.1, -0.05) is 51.0 Å². The Morgan fingerprint density at radius 2 is 1.65 bits per heavy atom. The van der Waals surface area contributed by atoms with Gasteiger partial charge in [0.25, 0.3) is 11.5 Å². The summed E-state index contributed by atoms with van der Waals surface area (Å²) < 4.78 is 15.0. The number of rotatable bonds is 7. The highest BCUT2D eigenvalue weighted by Gasteiger charge is 2.63. The molecule has 0 radical (unpaired) electrons. The van der Waals surface area contributed by atoms with Gasteiger partial charge in [0.05, 0.1) is 22.2 Å². The maximum atomic E-state index is 15.0. The molecule has 0 bridgehead atoms. The first kappa shape index (κ1) is 35.4. The molecule has 2 N–H and O–H groups in total. The van der Waals surface area contributed by atoms with E-state index in [1.807, 2.05) is 17.0 Å². The Balaban J connectivity index is 0.846. The van der Waals surface area contributed by atoms with Crippen LogP contribution < -0.4 is 5.56 Å². The highest BCUT2D eigenvalue weighted by atomic mass is 19.1. The van der Waals surface area contributed by atoms with Crippen LogP contribution in [0.15, 0.2) is 47.3 Å². The van der Waals surface area contributed by atoms with E-state index in [1.165, 1.54) is 51.0 Å². The van der Waals surface area contributed by atoms with Gasteiger partial charge in [0, 0.05) is 44.4 Å². The fraction of sp³-hybridized carbons (Fsp3) is 0.628. The van der Waals surface area contributed by atoms with Crippen LogP contribution >= 0.6 is 0 Å². The number of piperazine rings is 1. The van der Waals surface area contributed by atoms with Gasteiger partial charge in [-0.05, 0) is 122 Å². The minimum absolute atomic E-state index is 0.00228. The second-order valence-corrected chi connectivity index (χ2v) is 17.5. The van der Waals surface area contributed by atoms with Gasteiger partial charge in [0.15, 0.2) is 0 Å². The smallest absolute Gasteiger partial charge is 0.272 e. The fourth-order valence-corrected chi connectivity index (χ4v) is 12.2. The SMILES string of the molecule is C[C@]12CCCC[C@@H]1CC[C@@H]1[C@@H]2CC[C@@]2(C)[C@H]1CC[C@@]2(O)CCCC(=O)N1CCN(C(=O)c2cc(Cc3n[nH]c(=O)c4ccccc34)ccc2F)CC1. The van der Waals surface area contributed by atoms with Crippen molar-refractivity contribution in [2.45, 2.75) is 109 Å². The average Bonchev–Trinajstić information content (AvgIpc) is 3.42. The van der Waals surface area contributed by atoms with Crippen molar-refractivity contribution in [2.24, 2.45) is 34.5 Å². The topological polar surface area (TPSA) is 107 Å². The van der Waals surface area contributed by atoms with Crippen molar-refractivity contribution in [2.75, 3.05) is 26.2 Å². The monoisotopic (exact) mass is 710 g/mol. The third-order valence-corrected chi connectivity index (χ3v) is 15.2. The summed E-state index contributed by atoms with van der Waals surface area (Å²) in [6, 6.07) is 11.7. The van der Waals surface area contributed by atoms with E-state index in [0.717, 1.165) is 42.4 Å². The molecule has 52 heavy (non-hydrogen) atoms. The third-order valence-electron chi connectivity index (χ3n) is 15.2. The molecule has 8 nitrogen and oxygen atoms in total. The number of amides is 2. The zero-order valence-electron chi connectivity index (χ0n) is 31.0. The molecule has 2 amide bonds. The van der Waals surface area contributed by atoms with Gasteiger partial charge in [-0.25, -0.2) is 9.49 Å². The molecule has 5 aliphatic rings. The van der Waals surface area contributed by atoms with Crippen LogP contribution in [-0.4, -0.2) is 68.7 Å². The first-order valence-electron chi connectivity index (χ1n) is 20.0. The molecule has 2 aromatic carbocycles. The Hall–Kier alpha value is -3.59. The molecule has 278 valence electrons. The quantitative estimate of drug-likeness (QED) is 0.268. The van der Waals surface area contributed by atoms with Gasteiger partial charge in [-0.15, -0.1) is 0 Å². The second kappa shape index (κ2) is 13.7. The van der Waals surface area contributed by atoms with E-state index in [4.69, 9.17) is 0 Å². The van der Waals surface area contributed by atoms with Gasteiger partial charge in [0.1, 0.15) is 5.82 Å². The van der Waals surface area contributed by atoms with Gasteiger partial charge < -0.3 is 14.9 Å². The molecular weight excluding hydrogens is 655 g/mol. The van der Waals surface area contributed by atoms with Crippen LogP contribution in [0.3, 0.4) is 0 Å². The molecule has 5 fully saturated rings.